The maximum Gasteiger partial charge on any atom is 0.202 e. The summed E-state index contributed by atoms with van der Waals surface area (Å²) < 4.78 is 17.4. The number of carbonyl (C=O) groups is 1. The molecule has 1 N–H and O–H groups in total. The molecule has 1 aromatic heterocycles. The molecule has 4 rings (SSSR count). The van der Waals surface area contributed by atoms with Crippen LogP contribution in [-0.2, 0) is 0 Å². The maximum absolute atomic E-state index is 15.5. The summed E-state index contributed by atoms with van der Waals surface area (Å²) in [7, 11) is 1.59. The minimum atomic E-state index is -0.524. The molecule has 1 saturated carbocycles. The summed E-state index contributed by atoms with van der Waals surface area (Å²) in [5.74, 6) is -0.392. The van der Waals surface area contributed by atoms with Crippen molar-refractivity contribution in [2.75, 3.05) is 30.4 Å². The van der Waals surface area contributed by atoms with Gasteiger partial charge >= 0.3 is 0 Å². The lowest BCUT2D eigenvalue weighted by atomic mass is 10.0. The lowest BCUT2D eigenvalue weighted by Crippen LogP contribution is -2.24. The highest BCUT2D eigenvalue weighted by molar-refractivity contribution is 6.38. The molecular formula is C20H23ClFN3O2. The topological polar surface area (TPSA) is 54.3 Å². The van der Waals surface area contributed by atoms with Gasteiger partial charge in [0.2, 0.25) is 5.43 Å². The Labute approximate surface area is 162 Å². The van der Waals surface area contributed by atoms with Gasteiger partial charge in [-0.2, -0.15) is 0 Å². The van der Waals surface area contributed by atoms with E-state index in [1.165, 1.54) is 6.92 Å². The molecule has 5 nitrogen and oxygen atoms in total. The van der Waals surface area contributed by atoms with Crippen LogP contribution in [-0.4, -0.2) is 30.5 Å². The molecule has 1 aromatic carbocycles. The molecule has 1 aliphatic carbocycles. The van der Waals surface area contributed by atoms with E-state index in [2.05, 4.69) is 12.2 Å². The smallest absolute Gasteiger partial charge is 0.202 e. The number of halogens is 2. The molecule has 1 aliphatic heterocycles. The fourth-order valence-corrected chi connectivity index (χ4v) is 4.46. The summed E-state index contributed by atoms with van der Waals surface area (Å²) in [6, 6.07) is 0.184. The Balaban J connectivity index is 2.12. The number of benzene rings is 1. The molecule has 27 heavy (non-hydrogen) atoms. The van der Waals surface area contributed by atoms with E-state index in [4.69, 9.17) is 11.6 Å². The van der Waals surface area contributed by atoms with Crippen molar-refractivity contribution < 1.29 is 9.18 Å². The van der Waals surface area contributed by atoms with Gasteiger partial charge in [0.1, 0.15) is 0 Å². The van der Waals surface area contributed by atoms with E-state index in [0.29, 0.717) is 17.1 Å². The number of Topliss-reactive ketones (excluding diaryl/α,β-unsaturated/α-hetero) is 1. The zero-order chi connectivity index (χ0) is 19.5. The Hall–Kier alpha value is -2.08. The number of rotatable bonds is 4. The molecule has 2 heterocycles. The van der Waals surface area contributed by atoms with Crippen LogP contribution < -0.4 is 15.6 Å². The van der Waals surface area contributed by atoms with Gasteiger partial charge in [-0.05, 0) is 32.1 Å². The summed E-state index contributed by atoms with van der Waals surface area (Å²) >= 11 is 6.73. The van der Waals surface area contributed by atoms with E-state index < -0.39 is 11.2 Å². The Morgan fingerprint density at radius 2 is 2.04 bits per heavy atom. The van der Waals surface area contributed by atoms with Crippen LogP contribution in [0.3, 0.4) is 0 Å². The maximum atomic E-state index is 15.5. The molecule has 0 amide bonds. The van der Waals surface area contributed by atoms with Crippen LogP contribution in [0, 0.1) is 11.7 Å². The number of ketones is 1. The average molecular weight is 392 g/mol. The Kier molecular flexibility index (Phi) is 4.41. The number of fused-ring (bicyclic) bond motifs is 1. The zero-order valence-electron chi connectivity index (χ0n) is 15.7. The number of aromatic nitrogens is 1. The van der Waals surface area contributed by atoms with Gasteiger partial charge in [-0.25, -0.2) is 4.39 Å². The first-order chi connectivity index (χ1) is 12.8. The Bertz CT molecular complexity index is 1010. The van der Waals surface area contributed by atoms with Crippen molar-refractivity contribution in [3.63, 3.8) is 0 Å². The minimum Gasteiger partial charge on any atom is -0.385 e. The van der Waals surface area contributed by atoms with E-state index in [-0.39, 0.29) is 33.5 Å². The number of pyridine rings is 1. The Morgan fingerprint density at radius 3 is 2.56 bits per heavy atom. The van der Waals surface area contributed by atoms with Crippen molar-refractivity contribution in [1.29, 1.82) is 0 Å². The summed E-state index contributed by atoms with van der Waals surface area (Å²) in [6.45, 7) is 4.94. The highest BCUT2D eigenvalue weighted by atomic mass is 35.5. The first kappa shape index (κ1) is 18.3. The minimum absolute atomic E-state index is 0.0731. The van der Waals surface area contributed by atoms with Crippen LogP contribution in [0.15, 0.2) is 11.0 Å². The summed E-state index contributed by atoms with van der Waals surface area (Å²) in [6.07, 6.45) is 4.48. The normalized spacial score (nSPS) is 19.7. The lowest BCUT2D eigenvalue weighted by molar-refractivity contribution is 0.101. The molecule has 1 atom stereocenters. The van der Waals surface area contributed by atoms with Gasteiger partial charge in [0.15, 0.2) is 11.6 Å². The first-order valence-electron chi connectivity index (χ1n) is 9.38. The summed E-state index contributed by atoms with van der Waals surface area (Å²) in [5, 5.41) is 3.27. The third-order valence-electron chi connectivity index (χ3n) is 5.64. The highest BCUT2D eigenvalue weighted by Crippen LogP contribution is 2.45. The van der Waals surface area contributed by atoms with Gasteiger partial charge in [0.05, 0.1) is 32.9 Å². The number of hydrogen-bond acceptors (Lipinski definition) is 4. The fourth-order valence-electron chi connectivity index (χ4n) is 4.07. The number of nitrogens with one attached hydrogen (secondary N) is 1. The predicted molar refractivity (Wildman–Crippen MR) is 107 cm³/mol. The second kappa shape index (κ2) is 6.51. The van der Waals surface area contributed by atoms with Crippen LogP contribution in [0.4, 0.5) is 15.8 Å². The van der Waals surface area contributed by atoms with Crippen LogP contribution >= 0.6 is 11.6 Å². The third-order valence-corrected chi connectivity index (χ3v) is 6.00. The van der Waals surface area contributed by atoms with Crippen molar-refractivity contribution in [3.8, 4) is 0 Å². The van der Waals surface area contributed by atoms with E-state index in [1.54, 1.807) is 13.2 Å². The lowest BCUT2D eigenvalue weighted by Gasteiger charge is -2.25. The molecule has 0 bridgehead atoms. The third kappa shape index (κ3) is 2.81. The molecule has 0 spiro atoms. The quantitative estimate of drug-likeness (QED) is 0.793. The van der Waals surface area contributed by atoms with E-state index in [1.807, 2.05) is 9.47 Å². The van der Waals surface area contributed by atoms with Gasteiger partial charge in [0, 0.05) is 32.4 Å². The van der Waals surface area contributed by atoms with Gasteiger partial charge < -0.3 is 14.8 Å². The van der Waals surface area contributed by atoms with Crippen molar-refractivity contribution in [1.82, 2.24) is 4.57 Å². The molecule has 0 radical (unpaired) electrons. The molecular weight excluding hydrogens is 369 g/mol. The number of nitrogens with zero attached hydrogens (tertiary/aromatic N) is 2. The van der Waals surface area contributed by atoms with Crippen LogP contribution in [0.1, 0.15) is 49.5 Å². The van der Waals surface area contributed by atoms with E-state index >= 15 is 4.39 Å². The summed E-state index contributed by atoms with van der Waals surface area (Å²) in [4.78, 5) is 27.0. The van der Waals surface area contributed by atoms with Crippen molar-refractivity contribution in [3.05, 3.63) is 32.8 Å². The number of anilines is 2. The van der Waals surface area contributed by atoms with Crippen LogP contribution in [0.5, 0.6) is 0 Å². The predicted octanol–water partition coefficient (Wildman–Crippen LogP) is 4.22. The number of hydrogen-bond donors (Lipinski definition) is 1. The molecule has 2 aromatic rings. The van der Waals surface area contributed by atoms with Crippen molar-refractivity contribution in [2.45, 2.75) is 39.2 Å². The zero-order valence-corrected chi connectivity index (χ0v) is 16.5. The standard InChI is InChI=1S/C20H23ClFN3O2/c1-10-6-7-24(8-10)19-15(21)18-14(17(23-3)16(19)22)20(27)13(11(2)26)9-25(18)12-4-5-12/h9-10,12,23H,4-8H2,1-3H3. The SMILES string of the molecule is CNc1c(F)c(N2CCC(C)C2)c(Cl)c2c1c(=O)c(C(C)=O)cn2C1CC1. The van der Waals surface area contributed by atoms with Crippen LogP contribution in [0.2, 0.25) is 5.02 Å². The number of carbonyl (C=O) groups excluding carboxylic acids is 1. The Morgan fingerprint density at radius 1 is 1.33 bits per heavy atom. The van der Waals surface area contributed by atoms with Crippen LogP contribution in [0.25, 0.3) is 10.9 Å². The first-order valence-corrected chi connectivity index (χ1v) is 9.76. The van der Waals surface area contributed by atoms with E-state index in [9.17, 15) is 9.59 Å². The molecule has 1 unspecified atom stereocenters. The largest absolute Gasteiger partial charge is 0.385 e. The molecule has 2 fully saturated rings. The molecule has 2 aliphatic rings. The average Bonchev–Trinajstić information content (AvgIpc) is 3.37. The van der Waals surface area contributed by atoms with Gasteiger partial charge in [0.25, 0.3) is 0 Å². The summed E-state index contributed by atoms with van der Waals surface area (Å²) in [5.41, 5.74) is 0.591. The van der Waals surface area contributed by atoms with Crippen molar-refractivity contribution in [2.24, 2.45) is 5.92 Å². The molecule has 7 heteroatoms. The van der Waals surface area contributed by atoms with Gasteiger partial charge in [-0.15, -0.1) is 0 Å². The molecule has 1 saturated heterocycles. The highest BCUT2D eigenvalue weighted by Gasteiger charge is 2.33. The van der Waals surface area contributed by atoms with Crippen molar-refractivity contribution >= 4 is 39.7 Å². The monoisotopic (exact) mass is 391 g/mol. The second-order valence-corrected chi connectivity index (χ2v) is 8.11. The molecule has 144 valence electrons. The fraction of sp³-hybridized carbons (Fsp3) is 0.500. The van der Waals surface area contributed by atoms with Gasteiger partial charge in [-0.3, -0.25) is 9.59 Å². The van der Waals surface area contributed by atoms with Gasteiger partial charge in [-0.1, -0.05) is 18.5 Å². The second-order valence-electron chi connectivity index (χ2n) is 7.73. The van der Waals surface area contributed by atoms with E-state index in [0.717, 1.165) is 32.4 Å².